The Morgan fingerprint density at radius 1 is 1.31 bits per heavy atom. The predicted molar refractivity (Wildman–Crippen MR) is 89.9 cm³/mol. The highest BCUT2D eigenvalue weighted by atomic mass is 16.3. The number of rotatable bonds is 4. The van der Waals surface area contributed by atoms with Gasteiger partial charge in [-0.2, -0.15) is 0 Å². The second kappa shape index (κ2) is 7.19. The molecule has 0 aromatic carbocycles. The Labute approximate surface area is 150 Å². The molecule has 3 N–H and O–H groups in total. The van der Waals surface area contributed by atoms with Gasteiger partial charge in [-0.25, -0.2) is 9.59 Å². The smallest absolute Gasteiger partial charge is 0.325 e. The fourth-order valence-electron chi connectivity index (χ4n) is 3.35. The van der Waals surface area contributed by atoms with Gasteiger partial charge >= 0.3 is 12.1 Å². The van der Waals surface area contributed by atoms with E-state index in [9.17, 15) is 19.2 Å². The average molecular weight is 362 g/mol. The predicted octanol–water partition coefficient (Wildman–Crippen LogP) is 1.21. The van der Waals surface area contributed by atoms with E-state index in [0.717, 1.165) is 37.0 Å². The van der Waals surface area contributed by atoms with Crippen LogP contribution in [0.4, 0.5) is 9.59 Å². The van der Waals surface area contributed by atoms with Gasteiger partial charge in [0, 0.05) is 6.04 Å². The van der Waals surface area contributed by atoms with Crippen LogP contribution in [-0.4, -0.2) is 41.4 Å². The molecule has 0 radical (unpaired) electrons. The van der Waals surface area contributed by atoms with Crippen LogP contribution >= 0.6 is 0 Å². The standard InChI is InChI=1S/C17H22N4O5/c1-17(12-8-5-9-26-12)14(23)21(16(25)20-17)10-13(22)19-15(24)18-11-6-3-2-4-7-11/h5,8-9,11H,2-4,6-7,10H2,1H3,(H,20,25)(H2,18,19,22,24)/t17-/m0/s1. The van der Waals surface area contributed by atoms with Gasteiger partial charge in [0.05, 0.1) is 6.26 Å². The number of imide groups is 2. The Morgan fingerprint density at radius 3 is 2.69 bits per heavy atom. The number of nitrogens with one attached hydrogen (secondary N) is 3. The van der Waals surface area contributed by atoms with Crippen molar-refractivity contribution < 1.29 is 23.6 Å². The number of carbonyl (C=O) groups excluding carboxylic acids is 4. The minimum absolute atomic E-state index is 0.0514. The number of nitrogens with zero attached hydrogens (tertiary/aromatic N) is 1. The van der Waals surface area contributed by atoms with Gasteiger partial charge in [-0.3, -0.25) is 19.8 Å². The van der Waals surface area contributed by atoms with Crippen molar-refractivity contribution in [2.45, 2.75) is 50.6 Å². The van der Waals surface area contributed by atoms with Crippen LogP contribution in [0.1, 0.15) is 44.8 Å². The SMILES string of the molecule is C[C@@]1(c2ccco2)NC(=O)N(CC(=O)NC(=O)NC2CCCCC2)C1=O. The van der Waals surface area contributed by atoms with Crippen LogP contribution in [0.25, 0.3) is 0 Å². The van der Waals surface area contributed by atoms with Gasteiger partial charge in [0.25, 0.3) is 5.91 Å². The number of urea groups is 2. The van der Waals surface area contributed by atoms with E-state index in [1.807, 2.05) is 0 Å². The van der Waals surface area contributed by atoms with E-state index >= 15 is 0 Å². The third-order valence-electron chi connectivity index (χ3n) is 4.78. The Balaban J connectivity index is 1.56. The Kier molecular flexibility index (Phi) is 4.97. The first kappa shape index (κ1) is 18.0. The Hall–Kier alpha value is -2.84. The molecule has 2 heterocycles. The largest absolute Gasteiger partial charge is 0.466 e. The van der Waals surface area contributed by atoms with Crippen molar-refractivity contribution in [1.82, 2.24) is 20.9 Å². The summed E-state index contributed by atoms with van der Waals surface area (Å²) in [6.07, 6.45) is 6.41. The molecule has 1 aliphatic heterocycles. The molecule has 1 aliphatic carbocycles. The molecular weight excluding hydrogens is 340 g/mol. The highest BCUT2D eigenvalue weighted by Crippen LogP contribution is 2.28. The third-order valence-corrected chi connectivity index (χ3v) is 4.78. The minimum Gasteiger partial charge on any atom is -0.466 e. The van der Waals surface area contributed by atoms with Gasteiger partial charge in [-0.05, 0) is 31.9 Å². The zero-order valence-corrected chi connectivity index (χ0v) is 14.5. The second-order valence-corrected chi connectivity index (χ2v) is 6.78. The zero-order valence-electron chi connectivity index (χ0n) is 14.5. The highest BCUT2D eigenvalue weighted by Gasteiger charge is 2.51. The molecule has 3 rings (SSSR count). The summed E-state index contributed by atoms with van der Waals surface area (Å²) in [5.74, 6) is -1.07. The molecule has 9 heteroatoms. The first-order valence-electron chi connectivity index (χ1n) is 8.68. The van der Waals surface area contributed by atoms with Crippen LogP contribution < -0.4 is 16.0 Å². The van der Waals surface area contributed by atoms with E-state index in [0.29, 0.717) is 0 Å². The molecule has 2 aliphatic rings. The summed E-state index contributed by atoms with van der Waals surface area (Å²) >= 11 is 0. The summed E-state index contributed by atoms with van der Waals surface area (Å²) in [5.41, 5.74) is -1.37. The van der Waals surface area contributed by atoms with E-state index in [-0.39, 0.29) is 11.8 Å². The van der Waals surface area contributed by atoms with Gasteiger partial charge in [0.15, 0.2) is 5.54 Å². The fraction of sp³-hybridized carbons (Fsp3) is 0.529. The van der Waals surface area contributed by atoms with Crippen LogP contribution in [0.15, 0.2) is 22.8 Å². The average Bonchev–Trinajstić information content (AvgIpc) is 3.20. The van der Waals surface area contributed by atoms with Crippen LogP contribution in [-0.2, 0) is 15.1 Å². The minimum atomic E-state index is -1.37. The third kappa shape index (κ3) is 3.56. The maximum Gasteiger partial charge on any atom is 0.325 e. The van der Waals surface area contributed by atoms with Crippen molar-refractivity contribution in [2.75, 3.05) is 6.54 Å². The molecule has 140 valence electrons. The van der Waals surface area contributed by atoms with E-state index in [1.165, 1.54) is 13.2 Å². The maximum atomic E-state index is 12.6. The molecule has 6 amide bonds. The lowest BCUT2D eigenvalue weighted by Crippen LogP contribution is -2.49. The summed E-state index contributed by atoms with van der Waals surface area (Å²) in [4.78, 5) is 49.4. The number of hydrogen-bond acceptors (Lipinski definition) is 5. The fourth-order valence-corrected chi connectivity index (χ4v) is 3.35. The molecule has 26 heavy (non-hydrogen) atoms. The van der Waals surface area contributed by atoms with Crippen LogP contribution in [0, 0.1) is 0 Å². The molecule has 1 aromatic heterocycles. The Morgan fingerprint density at radius 2 is 2.04 bits per heavy atom. The monoisotopic (exact) mass is 362 g/mol. The van der Waals surface area contributed by atoms with Gasteiger partial charge < -0.3 is 15.1 Å². The lowest BCUT2D eigenvalue weighted by molar-refractivity contribution is -0.135. The van der Waals surface area contributed by atoms with Crippen molar-refractivity contribution in [3.05, 3.63) is 24.2 Å². The maximum absolute atomic E-state index is 12.6. The molecular formula is C17H22N4O5. The van der Waals surface area contributed by atoms with Gasteiger partial charge in [0.2, 0.25) is 5.91 Å². The summed E-state index contributed by atoms with van der Waals surface area (Å²) in [6, 6.07) is 1.90. The first-order valence-corrected chi connectivity index (χ1v) is 8.68. The number of furan rings is 1. The van der Waals surface area contributed by atoms with Crippen molar-refractivity contribution in [3.63, 3.8) is 0 Å². The van der Waals surface area contributed by atoms with Gasteiger partial charge in [-0.1, -0.05) is 19.3 Å². The molecule has 0 bridgehead atoms. The van der Waals surface area contributed by atoms with E-state index in [4.69, 9.17) is 4.42 Å². The lowest BCUT2D eigenvalue weighted by atomic mass is 9.96. The highest BCUT2D eigenvalue weighted by molar-refractivity contribution is 6.09. The van der Waals surface area contributed by atoms with Crippen molar-refractivity contribution in [3.8, 4) is 0 Å². The van der Waals surface area contributed by atoms with Gasteiger partial charge in [-0.15, -0.1) is 0 Å². The topological polar surface area (TPSA) is 121 Å². The van der Waals surface area contributed by atoms with Crippen LogP contribution in [0.5, 0.6) is 0 Å². The molecule has 9 nitrogen and oxygen atoms in total. The number of hydrogen-bond donors (Lipinski definition) is 3. The van der Waals surface area contributed by atoms with Crippen molar-refractivity contribution >= 4 is 23.9 Å². The van der Waals surface area contributed by atoms with E-state index in [2.05, 4.69) is 16.0 Å². The normalized spacial score (nSPS) is 23.7. The molecule has 1 saturated heterocycles. The van der Waals surface area contributed by atoms with Crippen LogP contribution in [0.3, 0.4) is 0 Å². The summed E-state index contributed by atoms with van der Waals surface area (Å²) in [7, 11) is 0. The second-order valence-electron chi connectivity index (χ2n) is 6.78. The van der Waals surface area contributed by atoms with Crippen molar-refractivity contribution in [1.29, 1.82) is 0 Å². The zero-order chi connectivity index (χ0) is 18.7. The first-order chi connectivity index (χ1) is 12.4. The summed E-state index contributed by atoms with van der Waals surface area (Å²) in [6.45, 7) is 0.957. The lowest BCUT2D eigenvalue weighted by Gasteiger charge is -2.23. The molecule has 1 atom stereocenters. The van der Waals surface area contributed by atoms with Crippen molar-refractivity contribution in [2.24, 2.45) is 0 Å². The number of amides is 6. The van der Waals surface area contributed by atoms with Gasteiger partial charge in [0.1, 0.15) is 12.3 Å². The molecule has 1 aromatic rings. The molecule has 2 fully saturated rings. The molecule has 0 unspecified atom stereocenters. The molecule has 1 saturated carbocycles. The number of carbonyl (C=O) groups is 4. The quantitative estimate of drug-likeness (QED) is 0.695. The van der Waals surface area contributed by atoms with Crippen LogP contribution in [0.2, 0.25) is 0 Å². The summed E-state index contributed by atoms with van der Waals surface area (Å²) < 4.78 is 5.21. The van der Waals surface area contributed by atoms with E-state index < -0.39 is 36.0 Å². The summed E-state index contributed by atoms with van der Waals surface area (Å²) in [5, 5.41) is 7.44. The molecule has 0 spiro atoms. The Bertz CT molecular complexity index is 711. The van der Waals surface area contributed by atoms with E-state index in [1.54, 1.807) is 12.1 Å².